The number of carbonyl (C=O) groups excluding carboxylic acids is 2. The Bertz CT molecular complexity index is 770. The van der Waals surface area contributed by atoms with Gasteiger partial charge >= 0.3 is 5.97 Å². The van der Waals surface area contributed by atoms with Crippen molar-refractivity contribution in [3.63, 3.8) is 0 Å². The molecule has 1 amide bonds. The first kappa shape index (κ1) is 18.2. The van der Waals surface area contributed by atoms with Gasteiger partial charge in [-0.15, -0.1) is 0 Å². The van der Waals surface area contributed by atoms with Crippen molar-refractivity contribution in [1.82, 2.24) is 9.55 Å². The minimum Gasteiger partial charge on any atom is -0.469 e. The van der Waals surface area contributed by atoms with Crippen molar-refractivity contribution in [3.05, 3.63) is 53.6 Å². The van der Waals surface area contributed by atoms with Crippen LogP contribution in [-0.4, -0.2) is 28.5 Å². The largest absolute Gasteiger partial charge is 0.469 e. The van der Waals surface area contributed by atoms with E-state index in [1.165, 1.54) is 18.4 Å². The molecule has 1 aromatic carbocycles. The van der Waals surface area contributed by atoms with Gasteiger partial charge in [0.25, 0.3) is 0 Å². The number of nitrogens with two attached hydrogens (primary N) is 1. The number of amides is 1. The van der Waals surface area contributed by atoms with Gasteiger partial charge in [-0.25, -0.2) is 4.98 Å². The van der Waals surface area contributed by atoms with E-state index >= 15 is 0 Å². The highest BCUT2D eigenvalue weighted by atomic mass is 16.5. The fourth-order valence-corrected chi connectivity index (χ4v) is 3.76. The number of carbonyl (C=O) groups is 2. The molecule has 0 radical (unpaired) electrons. The van der Waals surface area contributed by atoms with Crippen molar-refractivity contribution in [1.29, 1.82) is 0 Å². The first-order valence-corrected chi connectivity index (χ1v) is 9.05. The second-order valence-corrected chi connectivity index (χ2v) is 6.79. The predicted octanol–water partition coefficient (Wildman–Crippen LogP) is 2.41. The van der Waals surface area contributed by atoms with Gasteiger partial charge in [0, 0.05) is 18.5 Å². The van der Waals surface area contributed by atoms with Gasteiger partial charge in [-0.05, 0) is 31.2 Å². The van der Waals surface area contributed by atoms with Gasteiger partial charge in [0.15, 0.2) is 0 Å². The number of nitrogens with zero attached hydrogens (tertiary/aromatic N) is 2. The van der Waals surface area contributed by atoms with Gasteiger partial charge in [-0.2, -0.15) is 0 Å². The van der Waals surface area contributed by atoms with E-state index in [0.717, 1.165) is 31.4 Å². The lowest BCUT2D eigenvalue weighted by molar-refractivity contribution is -0.145. The molecule has 6 nitrogen and oxygen atoms in total. The molecule has 0 bridgehead atoms. The van der Waals surface area contributed by atoms with E-state index in [0.29, 0.717) is 12.8 Å². The van der Waals surface area contributed by atoms with Gasteiger partial charge in [-0.1, -0.05) is 30.3 Å². The maximum atomic E-state index is 11.8. The van der Waals surface area contributed by atoms with Crippen LogP contribution in [0.5, 0.6) is 0 Å². The monoisotopic (exact) mass is 355 g/mol. The molecule has 0 fully saturated rings. The van der Waals surface area contributed by atoms with Crippen LogP contribution >= 0.6 is 0 Å². The number of esters is 1. The third kappa shape index (κ3) is 3.95. The van der Waals surface area contributed by atoms with Crippen LogP contribution in [0.2, 0.25) is 0 Å². The zero-order valence-electron chi connectivity index (χ0n) is 15.1. The Morgan fingerprint density at radius 3 is 2.81 bits per heavy atom. The van der Waals surface area contributed by atoms with E-state index in [1.54, 1.807) is 0 Å². The molecule has 0 saturated heterocycles. The average Bonchev–Trinajstić information content (AvgIpc) is 3.08. The number of primary amides is 1. The number of rotatable bonds is 7. The van der Waals surface area contributed by atoms with E-state index in [4.69, 9.17) is 10.5 Å². The number of methoxy groups -OCH3 is 1. The molecule has 2 N–H and O–H groups in total. The van der Waals surface area contributed by atoms with Crippen LogP contribution in [0.25, 0.3) is 0 Å². The third-order valence-corrected chi connectivity index (χ3v) is 5.11. The number of ether oxygens (including phenoxy) is 1. The highest BCUT2D eigenvalue weighted by Gasteiger charge is 2.30. The number of aromatic nitrogens is 2. The summed E-state index contributed by atoms with van der Waals surface area (Å²) in [5.41, 5.74) is 8.64. The van der Waals surface area contributed by atoms with Crippen molar-refractivity contribution in [2.45, 2.75) is 44.6 Å². The molecule has 6 heteroatoms. The van der Waals surface area contributed by atoms with Crippen LogP contribution in [0.4, 0.5) is 0 Å². The first-order valence-electron chi connectivity index (χ1n) is 9.05. The van der Waals surface area contributed by atoms with Crippen molar-refractivity contribution >= 4 is 11.9 Å². The molecule has 1 aliphatic carbocycles. The molecule has 2 atom stereocenters. The zero-order chi connectivity index (χ0) is 18.5. The van der Waals surface area contributed by atoms with E-state index in [-0.39, 0.29) is 23.8 Å². The van der Waals surface area contributed by atoms with Crippen molar-refractivity contribution in [2.24, 2.45) is 11.7 Å². The fraction of sp³-hybridized carbons (Fsp3) is 0.450. The summed E-state index contributed by atoms with van der Waals surface area (Å²) in [5.74, 6) is -0.544. The van der Waals surface area contributed by atoms with Crippen LogP contribution in [-0.2, 0) is 27.2 Å². The van der Waals surface area contributed by atoms with E-state index in [2.05, 4.69) is 21.7 Å². The zero-order valence-corrected chi connectivity index (χ0v) is 15.1. The molecule has 0 spiro atoms. The molecule has 0 saturated carbocycles. The molecule has 138 valence electrons. The molecule has 1 heterocycles. The summed E-state index contributed by atoms with van der Waals surface area (Å²) in [6.07, 6.45) is 5.99. The Morgan fingerprint density at radius 1 is 1.35 bits per heavy atom. The highest BCUT2D eigenvalue weighted by Crippen LogP contribution is 2.32. The Kier molecular flexibility index (Phi) is 5.71. The summed E-state index contributed by atoms with van der Waals surface area (Å²) in [4.78, 5) is 27.5. The molecule has 1 aromatic heterocycles. The lowest BCUT2D eigenvalue weighted by atomic mass is 9.89. The number of fused-ring (bicyclic) bond motifs is 1. The summed E-state index contributed by atoms with van der Waals surface area (Å²) in [6, 6.07) is 10.3. The van der Waals surface area contributed by atoms with Crippen molar-refractivity contribution in [2.75, 3.05) is 7.11 Å². The quantitative estimate of drug-likeness (QED) is 0.773. The minimum atomic E-state index is -0.273. The van der Waals surface area contributed by atoms with Crippen molar-refractivity contribution in [3.8, 4) is 0 Å². The molecular formula is C20H25N3O3. The summed E-state index contributed by atoms with van der Waals surface area (Å²) < 4.78 is 7.09. The first-order chi connectivity index (χ1) is 12.6. The van der Waals surface area contributed by atoms with Crippen LogP contribution in [0.3, 0.4) is 0 Å². The van der Waals surface area contributed by atoms with Crippen LogP contribution in [0, 0.1) is 5.92 Å². The molecule has 2 aromatic rings. The van der Waals surface area contributed by atoms with E-state index < -0.39 is 0 Å². The SMILES string of the molecule is COC(=O)C1CCc2c(ncn2C(CCCC(N)=O)c2ccccc2)C1. The van der Waals surface area contributed by atoms with Crippen molar-refractivity contribution < 1.29 is 14.3 Å². The summed E-state index contributed by atoms with van der Waals surface area (Å²) in [7, 11) is 1.43. The molecule has 0 aliphatic heterocycles. The van der Waals surface area contributed by atoms with Gasteiger partial charge in [-0.3, -0.25) is 9.59 Å². The third-order valence-electron chi connectivity index (χ3n) is 5.11. The van der Waals surface area contributed by atoms with Gasteiger partial charge < -0.3 is 15.0 Å². The normalized spacial score (nSPS) is 17.3. The van der Waals surface area contributed by atoms with Crippen LogP contribution in [0.15, 0.2) is 36.7 Å². The lowest BCUT2D eigenvalue weighted by Crippen LogP contribution is -2.25. The molecule has 1 aliphatic rings. The Balaban J connectivity index is 1.85. The fourth-order valence-electron chi connectivity index (χ4n) is 3.76. The summed E-state index contributed by atoms with van der Waals surface area (Å²) in [5, 5.41) is 0. The van der Waals surface area contributed by atoms with Gasteiger partial charge in [0.1, 0.15) is 0 Å². The Labute approximate surface area is 153 Å². The number of hydrogen-bond donors (Lipinski definition) is 1. The number of imidazole rings is 1. The second-order valence-electron chi connectivity index (χ2n) is 6.79. The molecule has 3 rings (SSSR count). The molecule has 26 heavy (non-hydrogen) atoms. The van der Waals surface area contributed by atoms with Crippen LogP contribution in [0.1, 0.15) is 48.7 Å². The second kappa shape index (κ2) is 8.17. The molecule has 2 unspecified atom stereocenters. The lowest BCUT2D eigenvalue weighted by Gasteiger charge is -2.25. The smallest absolute Gasteiger partial charge is 0.309 e. The minimum absolute atomic E-state index is 0.110. The number of benzene rings is 1. The van der Waals surface area contributed by atoms with Gasteiger partial charge in [0.05, 0.1) is 31.1 Å². The Hall–Kier alpha value is -2.63. The number of hydrogen-bond acceptors (Lipinski definition) is 4. The average molecular weight is 355 g/mol. The topological polar surface area (TPSA) is 87.2 Å². The Morgan fingerprint density at radius 2 is 2.12 bits per heavy atom. The van der Waals surface area contributed by atoms with E-state index in [9.17, 15) is 9.59 Å². The van der Waals surface area contributed by atoms with E-state index in [1.807, 2.05) is 24.5 Å². The highest BCUT2D eigenvalue weighted by molar-refractivity contribution is 5.73. The van der Waals surface area contributed by atoms with Crippen LogP contribution < -0.4 is 5.73 Å². The maximum Gasteiger partial charge on any atom is 0.309 e. The standard InChI is InChI=1S/C20H25N3O3/c1-26-20(25)15-10-11-18-16(12-15)22-13-23(18)17(8-5-9-19(21)24)14-6-3-2-4-7-14/h2-4,6-7,13,15,17H,5,8-12H2,1H3,(H2,21,24). The maximum absolute atomic E-state index is 11.8. The summed E-state index contributed by atoms with van der Waals surface area (Å²) >= 11 is 0. The molecular weight excluding hydrogens is 330 g/mol. The van der Waals surface area contributed by atoms with Gasteiger partial charge in [0.2, 0.25) is 5.91 Å². The summed E-state index contributed by atoms with van der Waals surface area (Å²) in [6.45, 7) is 0. The predicted molar refractivity (Wildman–Crippen MR) is 97.4 cm³/mol.